The van der Waals surface area contributed by atoms with Crippen molar-refractivity contribution in [1.82, 2.24) is 0 Å². The van der Waals surface area contributed by atoms with Gasteiger partial charge in [0.25, 0.3) is 0 Å². The molecule has 0 atom stereocenters. The van der Waals surface area contributed by atoms with Gasteiger partial charge in [-0.1, -0.05) is 48.0 Å². The first kappa shape index (κ1) is 11.8. The predicted molar refractivity (Wildman–Crippen MR) is 78.5 cm³/mol. The number of hydrogen-bond donors (Lipinski definition) is 0. The molecule has 0 aromatic heterocycles. The molecule has 2 aromatic rings. The van der Waals surface area contributed by atoms with Crippen LogP contribution in [0.25, 0.3) is 11.8 Å². The van der Waals surface area contributed by atoms with Gasteiger partial charge >= 0.3 is 0 Å². The third-order valence-corrected chi connectivity index (χ3v) is 3.34. The van der Waals surface area contributed by atoms with Crippen LogP contribution in [0.2, 0.25) is 0 Å². The number of nitrogens with zero attached hydrogens (tertiary/aromatic N) is 2. The predicted octanol–water partition coefficient (Wildman–Crippen LogP) is 3.46. The molecular weight excluding hydrogens is 232 g/mol. The maximum Gasteiger partial charge on any atom is 0.0857 e. The van der Waals surface area contributed by atoms with Gasteiger partial charge in [-0.05, 0) is 37.1 Å². The van der Waals surface area contributed by atoms with Crippen LogP contribution >= 0.6 is 0 Å². The standard InChI is InChI=1S/C17H16N2/c1-13-9-11-15(12-10-13)18-19-17-8-4-6-14-5-2-3-7-16(14)17/h2-3,5-7,9-12H,4,8H2,1H3. The molecule has 0 heterocycles. The summed E-state index contributed by atoms with van der Waals surface area (Å²) in [7, 11) is 0. The summed E-state index contributed by atoms with van der Waals surface area (Å²) in [6, 6.07) is 16.5. The Morgan fingerprint density at radius 2 is 1.68 bits per heavy atom. The fraction of sp³-hybridized carbons (Fsp3) is 0.176. The monoisotopic (exact) mass is 248 g/mol. The number of hydrogen-bond acceptors (Lipinski definition) is 2. The van der Waals surface area contributed by atoms with E-state index in [1.54, 1.807) is 0 Å². The molecule has 0 spiro atoms. The van der Waals surface area contributed by atoms with Gasteiger partial charge < -0.3 is 0 Å². The first-order valence-electron chi connectivity index (χ1n) is 6.60. The lowest BCUT2D eigenvalue weighted by Crippen LogP contribution is -2.28. The van der Waals surface area contributed by atoms with Gasteiger partial charge in [0.2, 0.25) is 0 Å². The Morgan fingerprint density at radius 3 is 2.53 bits per heavy atom. The minimum absolute atomic E-state index is 0.908. The van der Waals surface area contributed by atoms with E-state index in [1.165, 1.54) is 16.0 Å². The van der Waals surface area contributed by atoms with Gasteiger partial charge in [-0.25, -0.2) is 0 Å². The van der Waals surface area contributed by atoms with E-state index >= 15 is 0 Å². The Bertz CT molecular complexity index is 725. The zero-order valence-corrected chi connectivity index (χ0v) is 11.0. The van der Waals surface area contributed by atoms with Crippen LogP contribution < -0.4 is 10.4 Å². The quantitative estimate of drug-likeness (QED) is 0.727. The van der Waals surface area contributed by atoms with Crippen LogP contribution in [0.15, 0.2) is 58.8 Å². The van der Waals surface area contributed by atoms with Crippen molar-refractivity contribution in [3.8, 4) is 0 Å². The molecule has 19 heavy (non-hydrogen) atoms. The molecule has 1 aliphatic carbocycles. The van der Waals surface area contributed by atoms with Gasteiger partial charge in [-0.3, -0.25) is 0 Å². The van der Waals surface area contributed by atoms with E-state index in [0.29, 0.717) is 0 Å². The van der Waals surface area contributed by atoms with Crippen molar-refractivity contribution >= 4 is 17.5 Å². The summed E-state index contributed by atoms with van der Waals surface area (Å²) in [4.78, 5) is 0. The maximum absolute atomic E-state index is 4.45. The summed E-state index contributed by atoms with van der Waals surface area (Å²) in [5, 5.41) is 11.3. The van der Waals surface area contributed by atoms with Crippen molar-refractivity contribution in [3.63, 3.8) is 0 Å². The van der Waals surface area contributed by atoms with E-state index in [0.717, 1.165) is 24.2 Å². The van der Waals surface area contributed by atoms with Crippen LogP contribution in [0, 0.1) is 6.92 Å². The average Bonchev–Trinajstić information content (AvgIpc) is 2.47. The fourth-order valence-corrected chi connectivity index (χ4v) is 2.27. The van der Waals surface area contributed by atoms with E-state index in [-0.39, 0.29) is 0 Å². The van der Waals surface area contributed by atoms with Crippen LogP contribution in [0.3, 0.4) is 0 Å². The topological polar surface area (TPSA) is 24.7 Å². The van der Waals surface area contributed by atoms with Gasteiger partial charge in [-0.15, -0.1) is 0 Å². The Labute approximate surface area is 112 Å². The number of fused-ring (bicyclic) bond motifs is 1. The van der Waals surface area contributed by atoms with Crippen LogP contribution in [0.4, 0.5) is 5.69 Å². The summed E-state index contributed by atoms with van der Waals surface area (Å²) in [5.74, 6) is 0. The van der Waals surface area contributed by atoms with Crippen molar-refractivity contribution < 1.29 is 0 Å². The molecule has 1 aliphatic rings. The smallest absolute Gasteiger partial charge is 0.0857 e. The van der Waals surface area contributed by atoms with Crippen molar-refractivity contribution in [2.45, 2.75) is 19.8 Å². The summed E-state index contributed by atoms with van der Waals surface area (Å²) in [6.45, 7) is 2.07. The lowest BCUT2D eigenvalue weighted by atomic mass is 10.1. The molecule has 94 valence electrons. The van der Waals surface area contributed by atoms with E-state index in [4.69, 9.17) is 0 Å². The maximum atomic E-state index is 4.45. The van der Waals surface area contributed by atoms with Gasteiger partial charge in [-0.2, -0.15) is 10.2 Å². The summed E-state index contributed by atoms with van der Waals surface area (Å²) < 4.78 is 0. The molecule has 3 rings (SSSR count). The van der Waals surface area contributed by atoms with Crippen molar-refractivity contribution in [1.29, 1.82) is 0 Å². The highest BCUT2D eigenvalue weighted by Gasteiger charge is 2.02. The van der Waals surface area contributed by atoms with Crippen LogP contribution in [0.5, 0.6) is 0 Å². The second-order valence-electron chi connectivity index (χ2n) is 4.81. The molecule has 2 nitrogen and oxygen atoms in total. The van der Waals surface area contributed by atoms with Gasteiger partial charge in [0.15, 0.2) is 0 Å². The number of azo groups is 1. The zero-order valence-electron chi connectivity index (χ0n) is 11.0. The van der Waals surface area contributed by atoms with Crippen molar-refractivity contribution in [3.05, 3.63) is 64.5 Å². The van der Waals surface area contributed by atoms with Crippen molar-refractivity contribution in [2.24, 2.45) is 10.2 Å². The highest BCUT2D eigenvalue weighted by Crippen LogP contribution is 2.17. The molecule has 2 heteroatoms. The highest BCUT2D eigenvalue weighted by atomic mass is 15.1. The summed E-state index contributed by atoms with van der Waals surface area (Å²) in [6.07, 6.45) is 4.27. The second-order valence-corrected chi connectivity index (χ2v) is 4.81. The first-order valence-corrected chi connectivity index (χ1v) is 6.60. The molecule has 0 saturated heterocycles. The van der Waals surface area contributed by atoms with E-state index in [9.17, 15) is 0 Å². The Balaban J connectivity index is 2.00. The van der Waals surface area contributed by atoms with E-state index < -0.39 is 0 Å². The van der Waals surface area contributed by atoms with E-state index in [1.807, 2.05) is 12.1 Å². The molecule has 0 amide bonds. The molecule has 0 N–H and O–H groups in total. The number of benzene rings is 2. The molecule has 0 bridgehead atoms. The van der Waals surface area contributed by atoms with Gasteiger partial charge in [0, 0.05) is 5.22 Å². The average molecular weight is 248 g/mol. The third-order valence-electron chi connectivity index (χ3n) is 3.34. The Kier molecular flexibility index (Phi) is 3.23. The van der Waals surface area contributed by atoms with Crippen LogP contribution in [-0.2, 0) is 0 Å². The SMILES string of the molecule is Cc1ccc(N=NC2=c3ccccc3=CCC2)cc1. The largest absolute Gasteiger partial charge is 0.154 e. The lowest BCUT2D eigenvalue weighted by molar-refractivity contribution is 1.02. The van der Waals surface area contributed by atoms with E-state index in [2.05, 4.69) is 59.6 Å². The first-order chi connectivity index (χ1) is 9.33. The summed E-state index contributed by atoms with van der Waals surface area (Å²) >= 11 is 0. The molecule has 0 fully saturated rings. The lowest BCUT2D eigenvalue weighted by Gasteiger charge is -2.05. The molecular formula is C17H16N2. The third kappa shape index (κ3) is 2.63. The molecule has 0 saturated carbocycles. The molecule has 0 unspecified atom stereocenters. The van der Waals surface area contributed by atoms with Crippen LogP contribution in [-0.4, -0.2) is 0 Å². The Morgan fingerprint density at radius 1 is 0.895 bits per heavy atom. The number of aryl methyl sites for hydroxylation is 1. The Hall–Kier alpha value is -2.22. The normalized spacial score (nSPS) is 14.3. The highest BCUT2D eigenvalue weighted by molar-refractivity contribution is 5.50. The number of rotatable bonds is 2. The molecule has 0 radical (unpaired) electrons. The second kappa shape index (κ2) is 5.19. The van der Waals surface area contributed by atoms with Crippen molar-refractivity contribution in [2.75, 3.05) is 0 Å². The minimum Gasteiger partial charge on any atom is -0.154 e. The van der Waals surface area contributed by atoms with Crippen LogP contribution in [0.1, 0.15) is 18.4 Å². The molecule has 0 aliphatic heterocycles. The summed E-state index contributed by atoms with van der Waals surface area (Å²) in [5.41, 5.74) is 3.23. The zero-order chi connectivity index (χ0) is 13.1. The van der Waals surface area contributed by atoms with Gasteiger partial charge in [0.05, 0.1) is 11.4 Å². The fourth-order valence-electron chi connectivity index (χ4n) is 2.27. The van der Waals surface area contributed by atoms with Gasteiger partial charge in [0.1, 0.15) is 0 Å². The molecule has 2 aromatic carbocycles. The minimum atomic E-state index is 0.908.